The molecule has 2 aromatic heterocycles. The average molecular weight is 375 g/mol. The zero-order valence-corrected chi connectivity index (χ0v) is 14.7. The second-order valence-corrected chi connectivity index (χ2v) is 6.26. The zero-order chi connectivity index (χ0) is 19.6. The second-order valence-electron chi connectivity index (χ2n) is 6.26. The Morgan fingerprint density at radius 3 is 2.81 bits per heavy atom. The number of carbonyl (C=O) groups is 1. The van der Waals surface area contributed by atoms with Crippen LogP contribution in [0.3, 0.4) is 0 Å². The first-order chi connectivity index (χ1) is 13.0. The maximum absolute atomic E-state index is 11.7. The van der Waals surface area contributed by atoms with Gasteiger partial charge in [0.1, 0.15) is 23.8 Å². The van der Waals surface area contributed by atoms with Crippen LogP contribution in [0.1, 0.15) is 38.2 Å². The molecule has 144 valence electrons. The van der Waals surface area contributed by atoms with Crippen LogP contribution in [-0.2, 0) is 9.53 Å². The molecule has 3 heterocycles. The van der Waals surface area contributed by atoms with Gasteiger partial charge in [-0.3, -0.25) is 9.36 Å². The molecule has 27 heavy (non-hydrogen) atoms. The number of ether oxygens (including phenoxy) is 1. The van der Waals surface area contributed by atoms with Crippen molar-refractivity contribution in [3.63, 3.8) is 0 Å². The molecule has 2 aromatic rings. The molecule has 5 N–H and O–H groups in total. The highest BCUT2D eigenvalue weighted by atomic mass is 16.6. The van der Waals surface area contributed by atoms with Gasteiger partial charge in [0.2, 0.25) is 11.6 Å². The van der Waals surface area contributed by atoms with Gasteiger partial charge < -0.3 is 25.8 Å². The van der Waals surface area contributed by atoms with E-state index in [0.717, 1.165) is 12.8 Å². The summed E-state index contributed by atoms with van der Waals surface area (Å²) in [6.07, 6.45) is -1.13. The molecule has 1 saturated heterocycles. The molecular weight excluding hydrogens is 354 g/mol. The minimum atomic E-state index is -1.29. The van der Waals surface area contributed by atoms with E-state index in [1.54, 1.807) is 0 Å². The molecule has 10 heteroatoms. The van der Waals surface area contributed by atoms with Crippen LogP contribution < -0.4 is 5.73 Å². The number of fused-ring (bicyclic) bond motifs is 1. The van der Waals surface area contributed by atoms with E-state index in [-0.39, 0.29) is 28.6 Å². The molecule has 0 amide bonds. The van der Waals surface area contributed by atoms with E-state index in [1.165, 1.54) is 10.9 Å². The highest BCUT2D eigenvalue weighted by molar-refractivity contribution is 5.95. The monoisotopic (exact) mass is 375 g/mol. The summed E-state index contributed by atoms with van der Waals surface area (Å²) in [7, 11) is 0. The molecular formula is C17H21N5O5. The molecule has 3 rings (SSSR count). The molecule has 0 aromatic carbocycles. The van der Waals surface area contributed by atoms with Gasteiger partial charge in [0.15, 0.2) is 17.7 Å². The fourth-order valence-corrected chi connectivity index (χ4v) is 2.82. The molecule has 10 nitrogen and oxygen atoms in total. The summed E-state index contributed by atoms with van der Waals surface area (Å²) in [6, 6.07) is 0. The molecule has 0 radical (unpaired) electrons. The van der Waals surface area contributed by atoms with E-state index in [0.29, 0.717) is 6.42 Å². The van der Waals surface area contributed by atoms with Crippen molar-refractivity contribution in [2.24, 2.45) is 0 Å². The number of aromatic nitrogens is 4. The number of ketones is 1. The molecule has 0 saturated carbocycles. The Bertz CT molecular complexity index is 902. The van der Waals surface area contributed by atoms with Gasteiger partial charge in [-0.05, 0) is 18.3 Å². The number of nitrogens with zero attached hydrogens (tertiary/aromatic N) is 4. The van der Waals surface area contributed by atoms with Crippen molar-refractivity contribution >= 4 is 22.8 Å². The van der Waals surface area contributed by atoms with E-state index in [1.807, 2.05) is 6.92 Å². The van der Waals surface area contributed by atoms with Crippen LogP contribution in [0, 0.1) is 11.8 Å². The topological polar surface area (TPSA) is 157 Å². The number of rotatable bonds is 5. The van der Waals surface area contributed by atoms with Crippen molar-refractivity contribution in [2.45, 2.75) is 50.7 Å². The van der Waals surface area contributed by atoms with Gasteiger partial charge in [0.05, 0.1) is 12.9 Å². The smallest absolute Gasteiger partial charge is 0.209 e. The predicted molar refractivity (Wildman–Crippen MR) is 94.2 cm³/mol. The minimum Gasteiger partial charge on any atom is -0.394 e. The minimum absolute atomic E-state index is 0.0401. The number of anilines is 1. The number of aliphatic hydroxyl groups excluding tert-OH is 3. The molecule has 0 bridgehead atoms. The van der Waals surface area contributed by atoms with E-state index in [9.17, 15) is 20.1 Å². The lowest BCUT2D eigenvalue weighted by Crippen LogP contribution is -2.33. The van der Waals surface area contributed by atoms with Gasteiger partial charge in [-0.2, -0.15) is 0 Å². The number of hydrogen-bond acceptors (Lipinski definition) is 9. The Labute approximate surface area is 155 Å². The molecule has 0 aliphatic carbocycles. The van der Waals surface area contributed by atoms with Crippen molar-refractivity contribution in [2.75, 3.05) is 12.3 Å². The zero-order valence-electron chi connectivity index (χ0n) is 14.7. The Morgan fingerprint density at radius 2 is 2.15 bits per heavy atom. The van der Waals surface area contributed by atoms with E-state index < -0.39 is 31.1 Å². The number of carbonyl (C=O) groups excluding carboxylic acids is 1. The van der Waals surface area contributed by atoms with Gasteiger partial charge in [0.25, 0.3) is 0 Å². The summed E-state index contributed by atoms with van der Waals surface area (Å²) in [5, 5.41) is 29.4. The van der Waals surface area contributed by atoms with Gasteiger partial charge in [0, 0.05) is 6.42 Å². The van der Waals surface area contributed by atoms with Crippen LogP contribution in [0.2, 0.25) is 0 Å². The van der Waals surface area contributed by atoms with E-state index in [2.05, 4.69) is 26.8 Å². The summed E-state index contributed by atoms with van der Waals surface area (Å²) in [5.41, 5.74) is 6.41. The average Bonchev–Trinajstić information content (AvgIpc) is 3.20. The molecule has 1 aliphatic rings. The molecule has 1 fully saturated rings. The van der Waals surface area contributed by atoms with Crippen LogP contribution in [0.15, 0.2) is 6.33 Å². The Balaban J connectivity index is 1.94. The lowest BCUT2D eigenvalue weighted by molar-refractivity contribution is -0.113. The van der Waals surface area contributed by atoms with Crippen LogP contribution in [-0.4, -0.2) is 65.5 Å². The maximum Gasteiger partial charge on any atom is 0.209 e. The molecule has 0 spiro atoms. The van der Waals surface area contributed by atoms with Crippen LogP contribution in [0.5, 0.6) is 0 Å². The first-order valence-electron chi connectivity index (χ1n) is 8.63. The third kappa shape index (κ3) is 3.77. The fourth-order valence-electron chi connectivity index (χ4n) is 2.82. The van der Waals surface area contributed by atoms with Crippen LogP contribution in [0.4, 0.5) is 5.82 Å². The number of hydrogen-bond donors (Lipinski definition) is 4. The standard InChI is InChI=1S/C17H21N5O5/c1-2-3-4-9(24)5-6-11-20-15(18)12-16(21-11)22(8-19-12)17-14(26)13(25)10(7-23)27-17/h8,10,13-14,17,23,25-26H,2-4,7H2,1H3,(H2,18,20,21)/t10-,13-,14-,17-/m1/s1. The first kappa shape index (κ1) is 19.2. The maximum atomic E-state index is 11.7. The van der Waals surface area contributed by atoms with Crippen molar-refractivity contribution in [1.29, 1.82) is 0 Å². The highest BCUT2D eigenvalue weighted by Gasteiger charge is 2.44. The van der Waals surface area contributed by atoms with Crippen LogP contribution >= 0.6 is 0 Å². The lowest BCUT2D eigenvalue weighted by atomic mass is 10.1. The number of unbranched alkanes of at least 4 members (excludes halogenated alkanes) is 1. The third-order valence-electron chi connectivity index (χ3n) is 4.31. The first-order valence-corrected chi connectivity index (χ1v) is 8.63. The molecule has 4 atom stereocenters. The Kier molecular flexibility index (Phi) is 5.67. The quantitative estimate of drug-likeness (QED) is 0.488. The predicted octanol–water partition coefficient (Wildman–Crippen LogP) is -0.869. The van der Waals surface area contributed by atoms with E-state index in [4.69, 9.17) is 10.5 Å². The van der Waals surface area contributed by atoms with Crippen molar-refractivity contribution in [1.82, 2.24) is 19.5 Å². The summed E-state index contributed by atoms with van der Waals surface area (Å²) in [5.74, 6) is 4.98. The van der Waals surface area contributed by atoms with Gasteiger partial charge in [-0.15, -0.1) is 0 Å². The third-order valence-corrected chi connectivity index (χ3v) is 4.31. The number of imidazole rings is 1. The fraction of sp³-hybridized carbons (Fsp3) is 0.529. The Morgan fingerprint density at radius 1 is 1.37 bits per heavy atom. The number of nitrogen functional groups attached to an aromatic ring is 1. The van der Waals surface area contributed by atoms with Crippen molar-refractivity contribution in [3.8, 4) is 11.8 Å². The number of aliphatic hydroxyl groups is 3. The van der Waals surface area contributed by atoms with Gasteiger partial charge in [-0.25, -0.2) is 15.0 Å². The Hall–Kier alpha value is -2.58. The summed E-state index contributed by atoms with van der Waals surface area (Å²) < 4.78 is 6.88. The van der Waals surface area contributed by atoms with Crippen molar-refractivity contribution in [3.05, 3.63) is 12.2 Å². The van der Waals surface area contributed by atoms with Crippen LogP contribution in [0.25, 0.3) is 11.2 Å². The normalized spacial score (nSPS) is 24.7. The SMILES string of the molecule is CCCCC(=O)C#Cc1nc(N)c2ncn([C@@H]3O[C@H](CO)[C@@H](O)[C@H]3O)c2n1. The van der Waals surface area contributed by atoms with Crippen molar-refractivity contribution < 1.29 is 24.9 Å². The largest absolute Gasteiger partial charge is 0.394 e. The highest BCUT2D eigenvalue weighted by Crippen LogP contribution is 2.31. The van der Waals surface area contributed by atoms with Gasteiger partial charge >= 0.3 is 0 Å². The molecule has 1 aliphatic heterocycles. The van der Waals surface area contributed by atoms with E-state index >= 15 is 0 Å². The summed E-state index contributed by atoms with van der Waals surface area (Å²) >= 11 is 0. The summed E-state index contributed by atoms with van der Waals surface area (Å²) in [6.45, 7) is 1.53. The second kappa shape index (κ2) is 7.98. The molecule has 0 unspecified atom stereocenters. The van der Waals surface area contributed by atoms with Gasteiger partial charge in [-0.1, -0.05) is 13.3 Å². The summed E-state index contributed by atoms with van der Waals surface area (Å²) in [4.78, 5) is 24.1. The lowest BCUT2D eigenvalue weighted by Gasteiger charge is -2.16. The number of Topliss-reactive ketones (excluding diaryl/α,β-unsaturated/α-hetero) is 1. The number of nitrogens with two attached hydrogens (primary N) is 1.